The van der Waals surface area contributed by atoms with Crippen molar-refractivity contribution in [3.63, 3.8) is 0 Å². The van der Waals surface area contributed by atoms with Gasteiger partial charge in [0.1, 0.15) is 0 Å². The largest absolute Gasteiger partial charge is 0.426 e. The Balaban J connectivity index is 2.82. The Labute approximate surface area is 67.0 Å². The molecule has 4 nitrogen and oxygen atoms in total. The zero-order valence-corrected chi connectivity index (χ0v) is 6.17. The molecule has 0 radical (unpaired) electrons. The highest BCUT2D eigenvalue weighted by Gasteiger charge is 2.03. The van der Waals surface area contributed by atoms with Crippen LogP contribution in [0.5, 0.6) is 0 Å². The maximum Gasteiger partial charge on any atom is 0.294 e. The summed E-state index contributed by atoms with van der Waals surface area (Å²) in [5, 5.41) is 0.0816. The van der Waals surface area contributed by atoms with Crippen LogP contribution >= 0.6 is 11.6 Å². The molecule has 0 fully saturated rings. The Morgan fingerprint density at radius 3 is 3.18 bits per heavy atom. The molecule has 0 aliphatic heterocycles. The van der Waals surface area contributed by atoms with Crippen molar-refractivity contribution in [1.82, 2.24) is 9.97 Å². The van der Waals surface area contributed by atoms with Crippen molar-refractivity contribution in [2.45, 2.75) is 0 Å². The first-order valence-corrected chi connectivity index (χ1v) is 3.31. The molecule has 0 saturated carbocycles. The van der Waals surface area contributed by atoms with E-state index in [1.165, 1.54) is 6.20 Å². The molecule has 0 unspecified atom stereocenters. The van der Waals surface area contributed by atoms with Gasteiger partial charge in [0, 0.05) is 6.07 Å². The van der Waals surface area contributed by atoms with Gasteiger partial charge >= 0.3 is 0 Å². The van der Waals surface area contributed by atoms with Crippen LogP contribution in [0.2, 0.25) is 5.35 Å². The highest BCUT2D eigenvalue weighted by molar-refractivity contribution is 6.28. The molecule has 0 atom stereocenters. The SMILES string of the molecule is Nc1cnc2nc(Cl)oc2c1. The van der Waals surface area contributed by atoms with E-state index in [0.717, 1.165) is 0 Å². The molecule has 2 N–H and O–H groups in total. The average Bonchev–Trinajstić information content (AvgIpc) is 2.27. The summed E-state index contributed by atoms with van der Waals surface area (Å²) < 4.78 is 4.96. The normalized spacial score (nSPS) is 10.6. The van der Waals surface area contributed by atoms with Gasteiger partial charge in [-0.25, -0.2) is 4.98 Å². The number of anilines is 1. The summed E-state index contributed by atoms with van der Waals surface area (Å²) in [5.41, 5.74) is 6.96. The van der Waals surface area contributed by atoms with Crippen molar-refractivity contribution in [3.05, 3.63) is 17.6 Å². The van der Waals surface area contributed by atoms with Crippen LogP contribution in [0.3, 0.4) is 0 Å². The van der Waals surface area contributed by atoms with Crippen LogP contribution in [0.15, 0.2) is 16.7 Å². The molecule has 11 heavy (non-hydrogen) atoms. The lowest BCUT2D eigenvalue weighted by molar-refractivity contribution is 0.604. The van der Waals surface area contributed by atoms with E-state index in [2.05, 4.69) is 9.97 Å². The van der Waals surface area contributed by atoms with Gasteiger partial charge < -0.3 is 10.2 Å². The highest BCUT2D eigenvalue weighted by Crippen LogP contribution is 2.18. The fourth-order valence-corrected chi connectivity index (χ4v) is 0.972. The Kier molecular flexibility index (Phi) is 1.22. The summed E-state index contributed by atoms with van der Waals surface area (Å²) in [6.07, 6.45) is 1.50. The molecule has 0 saturated heterocycles. The monoisotopic (exact) mass is 169 g/mol. The van der Waals surface area contributed by atoms with E-state index in [-0.39, 0.29) is 5.35 Å². The van der Waals surface area contributed by atoms with Crippen molar-refractivity contribution in [2.24, 2.45) is 0 Å². The summed E-state index contributed by atoms with van der Waals surface area (Å²) in [6.45, 7) is 0. The molecule has 2 rings (SSSR count). The summed E-state index contributed by atoms with van der Waals surface area (Å²) in [5.74, 6) is 0. The van der Waals surface area contributed by atoms with Gasteiger partial charge in [0.25, 0.3) is 5.35 Å². The molecule has 56 valence electrons. The van der Waals surface area contributed by atoms with Gasteiger partial charge in [-0.3, -0.25) is 0 Å². The standard InChI is InChI=1S/C6H4ClN3O/c7-6-10-5-4(11-6)1-3(8)2-9-5/h1-2H,8H2. The quantitative estimate of drug-likeness (QED) is 0.649. The topological polar surface area (TPSA) is 64.9 Å². The molecule has 0 amide bonds. The lowest BCUT2D eigenvalue weighted by Crippen LogP contribution is -1.84. The molecule has 0 bridgehead atoms. The molecule has 0 aliphatic rings. The minimum atomic E-state index is 0.0816. The number of nitrogen functional groups attached to an aromatic ring is 1. The van der Waals surface area contributed by atoms with Crippen LogP contribution in [0, 0.1) is 0 Å². The third-order valence-corrected chi connectivity index (χ3v) is 1.40. The van der Waals surface area contributed by atoms with Gasteiger partial charge in [-0.1, -0.05) is 0 Å². The smallest absolute Gasteiger partial charge is 0.294 e. The van der Waals surface area contributed by atoms with Gasteiger partial charge in [-0.15, -0.1) is 0 Å². The number of halogens is 1. The van der Waals surface area contributed by atoms with Crippen molar-refractivity contribution in [1.29, 1.82) is 0 Å². The predicted molar refractivity (Wildman–Crippen MR) is 41.2 cm³/mol. The number of pyridine rings is 1. The first kappa shape index (κ1) is 6.42. The first-order valence-electron chi connectivity index (χ1n) is 2.93. The third-order valence-electron chi connectivity index (χ3n) is 1.24. The van der Waals surface area contributed by atoms with E-state index in [1.54, 1.807) is 6.07 Å². The average molecular weight is 170 g/mol. The van der Waals surface area contributed by atoms with E-state index >= 15 is 0 Å². The predicted octanol–water partition coefficient (Wildman–Crippen LogP) is 1.46. The Hall–Kier alpha value is -1.29. The summed E-state index contributed by atoms with van der Waals surface area (Å²) in [4.78, 5) is 7.67. The number of hydrogen-bond acceptors (Lipinski definition) is 4. The first-order chi connectivity index (χ1) is 5.25. The molecule has 2 aromatic heterocycles. The van der Waals surface area contributed by atoms with Gasteiger partial charge in [0.2, 0.25) is 0 Å². The molecule has 2 heterocycles. The third kappa shape index (κ3) is 1.01. The van der Waals surface area contributed by atoms with E-state index < -0.39 is 0 Å². The molecule has 5 heteroatoms. The maximum absolute atomic E-state index is 5.48. The number of fused-ring (bicyclic) bond motifs is 1. The number of hydrogen-bond donors (Lipinski definition) is 1. The summed E-state index contributed by atoms with van der Waals surface area (Å²) >= 11 is 5.48. The molecule has 0 aliphatic carbocycles. The summed E-state index contributed by atoms with van der Waals surface area (Å²) in [6, 6.07) is 1.63. The Bertz CT molecular complexity index is 398. The van der Waals surface area contributed by atoms with Gasteiger partial charge in [0.15, 0.2) is 11.2 Å². The number of aromatic nitrogens is 2. The number of nitrogens with two attached hydrogens (primary N) is 1. The fourth-order valence-electron chi connectivity index (χ4n) is 0.808. The van der Waals surface area contributed by atoms with Crippen molar-refractivity contribution < 1.29 is 4.42 Å². The molecule has 0 aromatic carbocycles. The van der Waals surface area contributed by atoms with Crippen molar-refractivity contribution in [3.8, 4) is 0 Å². The fraction of sp³-hybridized carbons (Fsp3) is 0. The van der Waals surface area contributed by atoms with Gasteiger partial charge in [0.05, 0.1) is 11.9 Å². The minimum absolute atomic E-state index is 0.0816. The highest BCUT2D eigenvalue weighted by atomic mass is 35.5. The van der Waals surface area contributed by atoms with Crippen LogP contribution in [0.1, 0.15) is 0 Å². The Morgan fingerprint density at radius 2 is 2.36 bits per heavy atom. The molecular weight excluding hydrogens is 166 g/mol. The Morgan fingerprint density at radius 1 is 1.55 bits per heavy atom. The lowest BCUT2D eigenvalue weighted by atomic mass is 10.4. The van der Waals surface area contributed by atoms with Crippen molar-refractivity contribution >= 4 is 28.5 Å². The van der Waals surface area contributed by atoms with Crippen LogP contribution < -0.4 is 5.73 Å². The maximum atomic E-state index is 5.48. The van der Waals surface area contributed by atoms with E-state index in [4.69, 9.17) is 21.8 Å². The zero-order valence-electron chi connectivity index (χ0n) is 5.41. The van der Waals surface area contributed by atoms with Crippen LogP contribution in [-0.4, -0.2) is 9.97 Å². The summed E-state index contributed by atoms with van der Waals surface area (Å²) in [7, 11) is 0. The van der Waals surface area contributed by atoms with Gasteiger partial charge in [-0.05, 0) is 11.6 Å². The molecule has 0 spiro atoms. The van der Waals surface area contributed by atoms with Gasteiger partial charge in [-0.2, -0.15) is 4.98 Å². The molecule has 2 aromatic rings. The van der Waals surface area contributed by atoms with E-state index in [0.29, 0.717) is 16.9 Å². The second-order valence-corrected chi connectivity index (χ2v) is 2.38. The van der Waals surface area contributed by atoms with Crippen molar-refractivity contribution in [2.75, 3.05) is 5.73 Å². The number of rotatable bonds is 0. The van der Waals surface area contributed by atoms with Crippen LogP contribution in [0.4, 0.5) is 5.69 Å². The van der Waals surface area contributed by atoms with Crippen LogP contribution in [-0.2, 0) is 0 Å². The second-order valence-electron chi connectivity index (χ2n) is 2.06. The van der Waals surface area contributed by atoms with E-state index in [9.17, 15) is 0 Å². The number of oxazole rings is 1. The van der Waals surface area contributed by atoms with Crippen LogP contribution in [0.25, 0.3) is 11.2 Å². The minimum Gasteiger partial charge on any atom is -0.426 e. The second kappa shape index (κ2) is 2.10. The molecular formula is C6H4ClN3O. The zero-order chi connectivity index (χ0) is 7.84. The number of nitrogens with zero attached hydrogens (tertiary/aromatic N) is 2. The van der Waals surface area contributed by atoms with E-state index in [1.807, 2.05) is 0 Å². The lowest BCUT2D eigenvalue weighted by Gasteiger charge is -1.87.